The number of tetrazole rings is 1. The van der Waals surface area contributed by atoms with Crippen molar-refractivity contribution >= 4 is 5.69 Å². The Bertz CT molecular complexity index is 520. The van der Waals surface area contributed by atoms with Crippen molar-refractivity contribution in [2.45, 2.75) is 45.1 Å². The van der Waals surface area contributed by atoms with Crippen LogP contribution in [0, 0.1) is 5.92 Å². The van der Waals surface area contributed by atoms with Gasteiger partial charge in [-0.1, -0.05) is 26.2 Å². The van der Waals surface area contributed by atoms with Crippen molar-refractivity contribution in [3.05, 3.63) is 30.6 Å². The molecule has 1 aliphatic carbocycles. The van der Waals surface area contributed by atoms with Gasteiger partial charge in [-0.25, -0.2) is 4.68 Å². The van der Waals surface area contributed by atoms with Crippen LogP contribution in [0.4, 0.5) is 5.69 Å². The Morgan fingerprint density at radius 1 is 1.20 bits per heavy atom. The summed E-state index contributed by atoms with van der Waals surface area (Å²) in [7, 11) is 0. The molecular formula is C15H21N5. The third-order valence-electron chi connectivity index (χ3n) is 4.27. The maximum atomic E-state index is 3.89. The molecule has 0 radical (unpaired) electrons. The number of benzene rings is 1. The first-order valence-corrected chi connectivity index (χ1v) is 7.47. The van der Waals surface area contributed by atoms with Crippen LogP contribution in [0.15, 0.2) is 30.6 Å². The van der Waals surface area contributed by atoms with Gasteiger partial charge in [0.25, 0.3) is 0 Å². The van der Waals surface area contributed by atoms with E-state index in [9.17, 15) is 0 Å². The zero-order chi connectivity index (χ0) is 13.8. The minimum atomic E-state index is 0.618. The Morgan fingerprint density at radius 2 is 2.00 bits per heavy atom. The van der Waals surface area contributed by atoms with Gasteiger partial charge in [-0.2, -0.15) is 0 Å². The summed E-state index contributed by atoms with van der Waals surface area (Å²) in [5.41, 5.74) is 2.17. The lowest BCUT2D eigenvalue weighted by Crippen LogP contribution is -2.31. The molecule has 106 valence electrons. The van der Waals surface area contributed by atoms with E-state index in [-0.39, 0.29) is 0 Å². The number of hydrogen-bond acceptors (Lipinski definition) is 4. The second-order valence-corrected chi connectivity index (χ2v) is 5.50. The molecule has 0 saturated heterocycles. The molecule has 1 aliphatic rings. The fraction of sp³-hybridized carbons (Fsp3) is 0.533. The van der Waals surface area contributed by atoms with Gasteiger partial charge in [0.15, 0.2) is 0 Å². The second-order valence-electron chi connectivity index (χ2n) is 5.50. The zero-order valence-corrected chi connectivity index (χ0v) is 11.9. The van der Waals surface area contributed by atoms with Gasteiger partial charge in [0.05, 0.1) is 5.69 Å². The van der Waals surface area contributed by atoms with Gasteiger partial charge in [-0.05, 0) is 53.5 Å². The minimum absolute atomic E-state index is 0.618. The standard InChI is InChI=1S/C15H21N5/c1-2-12-5-3-4-6-15(12)17-13-7-9-14(10-8-13)20-11-16-18-19-20/h7-12,15,17H,2-6H2,1H3. The molecule has 3 rings (SSSR count). The van der Waals surface area contributed by atoms with Gasteiger partial charge in [-0.15, -0.1) is 5.10 Å². The van der Waals surface area contributed by atoms with E-state index >= 15 is 0 Å². The molecule has 20 heavy (non-hydrogen) atoms. The fourth-order valence-electron chi connectivity index (χ4n) is 3.09. The maximum Gasteiger partial charge on any atom is 0.143 e. The van der Waals surface area contributed by atoms with E-state index < -0.39 is 0 Å². The van der Waals surface area contributed by atoms with Crippen molar-refractivity contribution in [2.75, 3.05) is 5.32 Å². The molecule has 5 nitrogen and oxygen atoms in total. The van der Waals surface area contributed by atoms with Crippen molar-refractivity contribution in [3.8, 4) is 5.69 Å². The van der Waals surface area contributed by atoms with Crippen LogP contribution in [0.2, 0.25) is 0 Å². The van der Waals surface area contributed by atoms with Gasteiger partial charge >= 0.3 is 0 Å². The summed E-state index contributed by atoms with van der Waals surface area (Å²) < 4.78 is 1.67. The molecule has 0 bridgehead atoms. The van der Waals surface area contributed by atoms with Crippen LogP contribution in [0.5, 0.6) is 0 Å². The highest BCUT2D eigenvalue weighted by molar-refractivity contribution is 5.49. The number of nitrogens with zero attached hydrogens (tertiary/aromatic N) is 4. The monoisotopic (exact) mass is 271 g/mol. The van der Waals surface area contributed by atoms with Crippen LogP contribution >= 0.6 is 0 Å². The lowest BCUT2D eigenvalue weighted by atomic mass is 9.83. The number of nitrogens with one attached hydrogen (secondary N) is 1. The molecule has 1 heterocycles. The quantitative estimate of drug-likeness (QED) is 0.928. The van der Waals surface area contributed by atoms with Crippen molar-refractivity contribution < 1.29 is 0 Å². The number of aromatic nitrogens is 4. The number of hydrogen-bond donors (Lipinski definition) is 1. The predicted octanol–water partition coefficient (Wildman–Crippen LogP) is 3.04. The summed E-state index contributed by atoms with van der Waals surface area (Å²) in [6.07, 6.45) is 8.24. The van der Waals surface area contributed by atoms with Gasteiger partial charge in [-0.3, -0.25) is 0 Å². The lowest BCUT2D eigenvalue weighted by molar-refractivity contribution is 0.317. The summed E-state index contributed by atoms with van der Waals surface area (Å²) in [4.78, 5) is 0. The molecule has 2 aromatic rings. The molecule has 5 heteroatoms. The molecule has 1 aromatic heterocycles. The third kappa shape index (κ3) is 2.81. The van der Waals surface area contributed by atoms with Crippen LogP contribution in [-0.2, 0) is 0 Å². The van der Waals surface area contributed by atoms with Crippen molar-refractivity contribution in [3.63, 3.8) is 0 Å². The largest absolute Gasteiger partial charge is 0.382 e. The molecule has 1 N–H and O–H groups in total. The SMILES string of the molecule is CCC1CCCCC1Nc1ccc(-n2cnnn2)cc1. The summed E-state index contributed by atoms with van der Waals surface area (Å²) >= 11 is 0. The normalized spacial score (nSPS) is 22.6. The second kappa shape index (κ2) is 6.03. The van der Waals surface area contributed by atoms with Gasteiger partial charge in [0.2, 0.25) is 0 Å². The Balaban J connectivity index is 1.68. The van der Waals surface area contributed by atoms with Crippen LogP contribution in [0.3, 0.4) is 0 Å². The smallest absolute Gasteiger partial charge is 0.143 e. The summed E-state index contributed by atoms with van der Waals surface area (Å²) in [5, 5.41) is 14.9. The zero-order valence-electron chi connectivity index (χ0n) is 11.9. The highest BCUT2D eigenvalue weighted by Crippen LogP contribution is 2.29. The molecule has 2 unspecified atom stereocenters. The van der Waals surface area contributed by atoms with Crippen LogP contribution in [0.1, 0.15) is 39.0 Å². The summed E-state index contributed by atoms with van der Waals surface area (Å²) in [5.74, 6) is 0.808. The summed E-state index contributed by atoms with van der Waals surface area (Å²) in [6, 6.07) is 8.93. The Labute approximate surface area is 119 Å². The molecule has 1 aromatic carbocycles. The average Bonchev–Trinajstić information content (AvgIpc) is 3.03. The summed E-state index contributed by atoms with van der Waals surface area (Å²) in [6.45, 7) is 2.30. The van der Waals surface area contributed by atoms with Crippen molar-refractivity contribution in [1.82, 2.24) is 20.2 Å². The van der Waals surface area contributed by atoms with Crippen LogP contribution in [-0.4, -0.2) is 26.2 Å². The topological polar surface area (TPSA) is 55.6 Å². The van der Waals surface area contributed by atoms with E-state index in [1.807, 2.05) is 12.1 Å². The van der Waals surface area contributed by atoms with E-state index in [2.05, 4.69) is 39.9 Å². The molecule has 0 amide bonds. The van der Waals surface area contributed by atoms with E-state index in [1.54, 1.807) is 11.0 Å². The lowest BCUT2D eigenvalue weighted by Gasteiger charge is -2.32. The van der Waals surface area contributed by atoms with Gasteiger partial charge in [0, 0.05) is 11.7 Å². The molecule has 1 fully saturated rings. The highest BCUT2D eigenvalue weighted by Gasteiger charge is 2.23. The highest BCUT2D eigenvalue weighted by atomic mass is 15.5. The first-order chi connectivity index (χ1) is 9.86. The Hall–Kier alpha value is -1.91. The van der Waals surface area contributed by atoms with Crippen molar-refractivity contribution in [2.24, 2.45) is 5.92 Å². The van der Waals surface area contributed by atoms with Gasteiger partial charge in [0.1, 0.15) is 6.33 Å². The first-order valence-electron chi connectivity index (χ1n) is 7.47. The van der Waals surface area contributed by atoms with E-state index in [0.717, 1.165) is 11.6 Å². The fourth-order valence-corrected chi connectivity index (χ4v) is 3.09. The molecule has 0 spiro atoms. The molecule has 0 aliphatic heterocycles. The Kier molecular flexibility index (Phi) is 3.95. The van der Waals surface area contributed by atoms with E-state index in [1.165, 1.54) is 37.8 Å². The van der Waals surface area contributed by atoms with Crippen molar-refractivity contribution in [1.29, 1.82) is 0 Å². The van der Waals surface area contributed by atoms with Gasteiger partial charge < -0.3 is 5.32 Å². The van der Waals surface area contributed by atoms with E-state index in [4.69, 9.17) is 0 Å². The maximum absolute atomic E-state index is 3.89. The predicted molar refractivity (Wildman–Crippen MR) is 78.8 cm³/mol. The Morgan fingerprint density at radius 3 is 2.70 bits per heavy atom. The molecular weight excluding hydrogens is 250 g/mol. The van der Waals surface area contributed by atoms with E-state index in [0.29, 0.717) is 6.04 Å². The minimum Gasteiger partial charge on any atom is -0.382 e. The van der Waals surface area contributed by atoms with Crippen LogP contribution < -0.4 is 5.32 Å². The molecule has 1 saturated carbocycles. The number of anilines is 1. The third-order valence-corrected chi connectivity index (χ3v) is 4.27. The first kappa shape index (κ1) is 13.1. The average molecular weight is 271 g/mol. The number of rotatable bonds is 4. The molecule has 2 atom stereocenters. The van der Waals surface area contributed by atoms with Crippen LogP contribution in [0.25, 0.3) is 5.69 Å².